The van der Waals surface area contributed by atoms with Crippen LogP contribution in [0.5, 0.6) is 46.0 Å². The van der Waals surface area contributed by atoms with Crippen LogP contribution in [0.15, 0.2) is 114 Å². The van der Waals surface area contributed by atoms with Crippen LogP contribution in [0.2, 0.25) is 0 Å². The third-order valence-corrected chi connectivity index (χ3v) is 9.70. The van der Waals surface area contributed by atoms with Gasteiger partial charge in [0.25, 0.3) is 0 Å². The van der Waals surface area contributed by atoms with Gasteiger partial charge in [0.05, 0.1) is 0 Å². The number of hydrogen-bond acceptors (Lipinski definition) is 9. The van der Waals surface area contributed by atoms with Gasteiger partial charge in [0.2, 0.25) is 23.0 Å². The number of rotatable bonds is 3. The van der Waals surface area contributed by atoms with E-state index in [4.69, 9.17) is 4.42 Å². The minimum absolute atomic E-state index is 0.0241. The second-order valence-electron chi connectivity index (χ2n) is 12.5. The second kappa shape index (κ2) is 10.6. The summed E-state index contributed by atoms with van der Waals surface area (Å²) >= 11 is 0. The number of benzene rings is 8. The highest BCUT2D eigenvalue weighted by molar-refractivity contribution is 6.29. The molecule has 9 rings (SSSR count). The van der Waals surface area contributed by atoms with Gasteiger partial charge in [0, 0.05) is 48.8 Å². The number of hydrogen-bond donors (Lipinski definition) is 8. The third-order valence-electron chi connectivity index (χ3n) is 9.70. The van der Waals surface area contributed by atoms with Crippen LogP contribution in [0.4, 0.5) is 0 Å². The summed E-state index contributed by atoms with van der Waals surface area (Å²) in [7, 11) is 0. The number of phenols is 8. The lowest BCUT2D eigenvalue weighted by atomic mass is 9.83. The number of phenolic OH excluding ortho intramolecular Hbond substituents is 8. The number of fused-ring (bicyclic) bond motifs is 7. The Kier molecular flexibility index (Phi) is 6.21. The van der Waals surface area contributed by atoms with Crippen LogP contribution < -0.4 is 0 Å². The van der Waals surface area contributed by atoms with Gasteiger partial charge in [0.1, 0.15) is 11.2 Å². The van der Waals surface area contributed by atoms with E-state index in [0.717, 1.165) is 32.7 Å². The van der Waals surface area contributed by atoms with Gasteiger partial charge in [-0.3, -0.25) is 0 Å². The fourth-order valence-corrected chi connectivity index (χ4v) is 7.34. The first-order chi connectivity index (χ1) is 24.7. The maximum Gasteiger partial charge on any atom is 0.204 e. The van der Waals surface area contributed by atoms with Crippen molar-refractivity contribution in [3.05, 3.63) is 109 Å². The molecule has 0 atom stereocenters. The van der Waals surface area contributed by atoms with Crippen molar-refractivity contribution in [1.29, 1.82) is 0 Å². The molecule has 0 saturated carbocycles. The maximum absolute atomic E-state index is 11.6. The van der Waals surface area contributed by atoms with Crippen molar-refractivity contribution in [2.75, 3.05) is 0 Å². The fourth-order valence-electron chi connectivity index (χ4n) is 7.34. The first-order valence-corrected chi connectivity index (χ1v) is 15.9. The van der Waals surface area contributed by atoms with Crippen molar-refractivity contribution >= 4 is 54.3 Å². The lowest BCUT2D eigenvalue weighted by Gasteiger charge is -2.22. The quantitative estimate of drug-likeness (QED) is 0.0515. The van der Waals surface area contributed by atoms with Crippen LogP contribution >= 0.6 is 0 Å². The van der Waals surface area contributed by atoms with E-state index in [-0.39, 0.29) is 38.2 Å². The molecule has 248 valence electrons. The molecule has 0 saturated heterocycles. The van der Waals surface area contributed by atoms with Gasteiger partial charge in [-0.05, 0) is 51.9 Å². The van der Waals surface area contributed by atoms with Crippen molar-refractivity contribution in [1.82, 2.24) is 0 Å². The smallest absolute Gasteiger partial charge is 0.204 e. The van der Waals surface area contributed by atoms with Gasteiger partial charge in [-0.25, -0.2) is 0 Å². The summed E-state index contributed by atoms with van der Waals surface area (Å²) in [6.45, 7) is 0. The fraction of sp³-hybridized carbons (Fsp3) is 0. The number of furan rings is 1. The molecule has 0 unspecified atom stereocenters. The highest BCUT2D eigenvalue weighted by Gasteiger charge is 2.32. The zero-order valence-electron chi connectivity index (χ0n) is 26.4. The molecule has 0 fully saturated rings. The van der Waals surface area contributed by atoms with Gasteiger partial charge < -0.3 is 45.3 Å². The van der Waals surface area contributed by atoms with Crippen molar-refractivity contribution in [3.63, 3.8) is 0 Å². The molecule has 1 heterocycles. The summed E-state index contributed by atoms with van der Waals surface area (Å²) in [5.74, 6) is -7.51. The Hall–Kier alpha value is -7.26. The summed E-state index contributed by atoms with van der Waals surface area (Å²) in [4.78, 5) is 0. The predicted molar refractivity (Wildman–Crippen MR) is 196 cm³/mol. The predicted octanol–water partition coefficient (Wildman–Crippen LogP) is 9.69. The first kappa shape index (κ1) is 29.8. The Labute approximate surface area is 287 Å². The van der Waals surface area contributed by atoms with Crippen molar-refractivity contribution < 1.29 is 45.3 Å². The summed E-state index contributed by atoms with van der Waals surface area (Å²) in [6.07, 6.45) is 0. The van der Waals surface area contributed by atoms with E-state index in [1.54, 1.807) is 36.4 Å². The highest BCUT2D eigenvalue weighted by atomic mass is 16.4. The summed E-state index contributed by atoms with van der Waals surface area (Å²) < 4.78 is 6.39. The normalized spacial score (nSPS) is 11.8. The van der Waals surface area contributed by atoms with Crippen molar-refractivity contribution in [2.24, 2.45) is 0 Å². The lowest BCUT2D eigenvalue weighted by molar-refractivity contribution is 0.350. The van der Waals surface area contributed by atoms with E-state index in [1.165, 1.54) is 0 Å². The van der Waals surface area contributed by atoms with Crippen molar-refractivity contribution in [2.45, 2.75) is 0 Å². The van der Waals surface area contributed by atoms with Gasteiger partial charge in [-0.15, -0.1) is 0 Å². The van der Waals surface area contributed by atoms with Gasteiger partial charge in [-0.2, -0.15) is 0 Å². The van der Waals surface area contributed by atoms with Gasteiger partial charge in [0.15, 0.2) is 23.0 Å². The third kappa shape index (κ3) is 4.09. The summed E-state index contributed by atoms with van der Waals surface area (Å²) in [5.41, 5.74) is 3.12. The topological polar surface area (TPSA) is 175 Å². The Morgan fingerprint density at radius 1 is 0.333 bits per heavy atom. The van der Waals surface area contributed by atoms with E-state index in [9.17, 15) is 40.9 Å². The largest absolute Gasteiger partial charge is 0.504 e. The molecule has 0 aliphatic rings. The molecule has 8 aromatic carbocycles. The molecule has 9 nitrogen and oxygen atoms in total. The Morgan fingerprint density at radius 3 is 1.43 bits per heavy atom. The monoisotopic (exact) mass is 674 g/mol. The highest BCUT2D eigenvalue weighted by Crippen LogP contribution is 2.62. The maximum atomic E-state index is 11.6. The van der Waals surface area contributed by atoms with E-state index in [2.05, 4.69) is 0 Å². The van der Waals surface area contributed by atoms with Crippen LogP contribution in [0.1, 0.15) is 0 Å². The second-order valence-corrected chi connectivity index (χ2v) is 12.5. The van der Waals surface area contributed by atoms with E-state index in [1.807, 2.05) is 72.8 Å². The average Bonchev–Trinajstić information content (AvgIpc) is 3.55. The molecule has 9 heteroatoms. The molecule has 8 N–H and O–H groups in total. The Balaban J connectivity index is 1.47. The zero-order chi connectivity index (χ0) is 35.3. The minimum atomic E-state index is -1.03. The average molecular weight is 675 g/mol. The molecule has 0 spiro atoms. The SMILES string of the molecule is Oc1c(O)c(O)c2c(-c3ccc4c(c3)oc3c5ccccc5ccc43)c3c(O)c(O)c(O)c(O)c3c(-c3cccc(-c4ccccc4)c3)c2c1O. The summed E-state index contributed by atoms with van der Waals surface area (Å²) in [6, 6.07) is 33.0. The van der Waals surface area contributed by atoms with Gasteiger partial charge >= 0.3 is 0 Å². The molecule has 0 bridgehead atoms. The van der Waals surface area contributed by atoms with Crippen LogP contribution in [-0.4, -0.2) is 40.9 Å². The van der Waals surface area contributed by atoms with Crippen molar-refractivity contribution in [3.8, 4) is 79.4 Å². The molecule has 0 radical (unpaired) electrons. The summed E-state index contributed by atoms with van der Waals surface area (Å²) in [5, 5.41) is 92.5. The molecule has 0 aliphatic heterocycles. The van der Waals surface area contributed by atoms with Crippen LogP contribution in [0.25, 0.3) is 87.6 Å². The molecule has 0 amide bonds. The molecule has 0 aliphatic carbocycles. The van der Waals surface area contributed by atoms with E-state index < -0.39 is 46.0 Å². The van der Waals surface area contributed by atoms with Crippen LogP contribution in [0, 0.1) is 0 Å². The van der Waals surface area contributed by atoms with Crippen LogP contribution in [-0.2, 0) is 0 Å². The zero-order valence-corrected chi connectivity index (χ0v) is 26.4. The van der Waals surface area contributed by atoms with E-state index >= 15 is 0 Å². The molecular formula is C42H26O9. The van der Waals surface area contributed by atoms with E-state index in [0.29, 0.717) is 16.7 Å². The minimum Gasteiger partial charge on any atom is -0.504 e. The first-order valence-electron chi connectivity index (χ1n) is 15.9. The Bertz CT molecular complexity index is 2860. The lowest BCUT2D eigenvalue weighted by Crippen LogP contribution is -1.95. The molecule has 1 aromatic heterocycles. The molecular weight excluding hydrogens is 648 g/mol. The van der Waals surface area contributed by atoms with Crippen LogP contribution in [0.3, 0.4) is 0 Å². The molecule has 51 heavy (non-hydrogen) atoms. The molecule has 9 aromatic rings. The standard InChI is InChI=1S/C42H26O9/c43-34-30-28(22-11-6-10-21(17-22)19-7-2-1-3-8-19)31-33(37(46)41(50)39(48)35(31)44)29(32(30)36(45)40(49)38(34)47)23-14-15-25-26-16-13-20-9-4-5-12-24(20)42(26)51-27(25)18-23/h1-18,43-50H. The number of aromatic hydroxyl groups is 8. The Morgan fingerprint density at radius 2 is 0.824 bits per heavy atom. The van der Waals surface area contributed by atoms with Gasteiger partial charge in [-0.1, -0.05) is 84.9 Å².